The number of rotatable bonds is 4. The number of aromatic nitrogens is 2. The van der Waals surface area contributed by atoms with Gasteiger partial charge in [0.25, 0.3) is 0 Å². The average molecular weight is 384 g/mol. The molecule has 9 heteroatoms. The molecule has 1 atom stereocenters. The van der Waals surface area contributed by atoms with E-state index in [4.69, 9.17) is 11.6 Å². The van der Waals surface area contributed by atoms with Crippen LogP contribution in [0.5, 0.6) is 0 Å². The zero-order valence-corrected chi connectivity index (χ0v) is 15.2. The first-order valence-electron chi connectivity index (χ1n) is 7.84. The molecule has 1 saturated heterocycles. The van der Waals surface area contributed by atoms with Gasteiger partial charge in [0.2, 0.25) is 10.0 Å². The Hall–Kier alpha value is -1.90. The molecule has 1 aromatic heterocycles. The summed E-state index contributed by atoms with van der Waals surface area (Å²) in [6.07, 6.45) is 2.33. The van der Waals surface area contributed by atoms with Crippen LogP contribution >= 0.6 is 11.6 Å². The average Bonchev–Trinajstić information content (AvgIpc) is 2.98. The number of benzene rings is 1. The van der Waals surface area contributed by atoms with Crippen molar-refractivity contribution in [3.63, 3.8) is 0 Å². The zero-order chi connectivity index (χ0) is 18.2. The van der Waals surface area contributed by atoms with Gasteiger partial charge in [0.1, 0.15) is 4.90 Å². The van der Waals surface area contributed by atoms with Gasteiger partial charge in [-0.05, 0) is 44.0 Å². The van der Waals surface area contributed by atoms with Gasteiger partial charge in [-0.3, -0.25) is 4.79 Å². The molecule has 1 aliphatic rings. The minimum absolute atomic E-state index is 0.0107. The summed E-state index contributed by atoms with van der Waals surface area (Å²) in [7, 11) is -3.79. The van der Waals surface area contributed by atoms with Crippen molar-refractivity contribution in [3.05, 3.63) is 41.2 Å². The zero-order valence-electron chi connectivity index (χ0n) is 13.6. The van der Waals surface area contributed by atoms with Crippen LogP contribution in [-0.2, 0) is 14.8 Å². The molecule has 1 aliphatic heterocycles. The second-order valence-electron chi connectivity index (χ2n) is 6.02. The number of carboxylic acids is 1. The second kappa shape index (κ2) is 6.78. The van der Waals surface area contributed by atoms with Gasteiger partial charge < -0.3 is 5.11 Å². The van der Waals surface area contributed by atoms with Gasteiger partial charge >= 0.3 is 5.97 Å². The SMILES string of the molecule is Cc1c(S(=O)(=O)N2CCCC(C(=O)O)C2)cnn1-c1ccc(Cl)cc1. The van der Waals surface area contributed by atoms with Crippen molar-refractivity contribution in [1.82, 2.24) is 14.1 Å². The number of piperidine rings is 1. The third-order valence-electron chi connectivity index (χ3n) is 4.39. The van der Waals surface area contributed by atoms with Crippen LogP contribution in [0.3, 0.4) is 0 Å². The van der Waals surface area contributed by atoms with Crippen LogP contribution in [0.1, 0.15) is 18.5 Å². The second-order valence-corrected chi connectivity index (χ2v) is 8.37. The minimum Gasteiger partial charge on any atom is -0.481 e. The third-order valence-corrected chi connectivity index (χ3v) is 6.61. The van der Waals surface area contributed by atoms with Crippen molar-refractivity contribution in [2.45, 2.75) is 24.7 Å². The van der Waals surface area contributed by atoms with Gasteiger partial charge in [-0.25, -0.2) is 13.1 Å². The molecule has 2 aromatic rings. The van der Waals surface area contributed by atoms with E-state index in [1.165, 1.54) is 15.2 Å². The number of nitrogens with zero attached hydrogens (tertiary/aromatic N) is 3. The van der Waals surface area contributed by atoms with Crippen molar-refractivity contribution in [1.29, 1.82) is 0 Å². The van der Waals surface area contributed by atoms with E-state index in [0.29, 0.717) is 35.8 Å². The summed E-state index contributed by atoms with van der Waals surface area (Å²) in [5.41, 5.74) is 1.17. The summed E-state index contributed by atoms with van der Waals surface area (Å²) < 4.78 is 28.6. The van der Waals surface area contributed by atoms with E-state index >= 15 is 0 Å². The molecule has 0 aliphatic carbocycles. The molecule has 1 unspecified atom stereocenters. The molecule has 0 amide bonds. The maximum atomic E-state index is 12.9. The van der Waals surface area contributed by atoms with Crippen LogP contribution in [0.15, 0.2) is 35.4 Å². The molecule has 0 radical (unpaired) electrons. The van der Waals surface area contributed by atoms with Crippen LogP contribution in [0.25, 0.3) is 5.69 Å². The molecule has 1 fully saturated rings. The van der Waals surface area contributed by atoms with E-state index in [0.717, 1.165) is 0 Å². The van der Waals surface area contributed by atoms with Crippen molar-refractivity contribution in [2.75, 3.05) is 13.1 Å². The Morgan fingerprint density at radius 2 is 2.00 bits per heavy atom. The number of sulfonamides is 1. The first-order chi connectivity index (χ1) is 11.8. The smallest absolute Gasteiger partial charge is 0.307 e. The van der Waals surface area contributed by atoms with Crippen LogP contribution < -0.4 is 0 Å². The first-order valence-corrected chi connectivity index (χ1v) is 9.66. The normalized spacial score (nSPS) is 19.0. The molecule has 3 rings (SSSR count). The molecular formula is C16H18ClN3O4S. The number of aliphatic carboxylic acids is 1. The fourth-order valence-corrected chi connectivity index (χ4v) is 4.78. The third kappa shape index (κ3) is 3.42. The molecule has 2 heterocycles. The van der Waals surface area contributed by atoms with Gasteiger partial charge in [-0.1, -0.05) is 11.6 Å². The van der Waals surface area contributed by atoms with Crippen molar-refractivity contribution in [3.8, 4) is 5.69 Å². The Balaban J connectivity index is 1.93. The van der Waals surface area contributed by atoms with Crippen LogP contribution in [-0.4, -0.2) is 46.7 Å². The van der Waals surface area contributed by atoms with E-state index in [-0.39, 0.29) is 11.4 Å². The Bertz CT molecular complexity index is 893. The molecule has 0 saturated carbocycles. The summed E-state index contributed by atoms with van der Waals surface area (Å²) in [6, 6.07) is 6.91. The van der Waals surface area contributed by atoms with Crippen molar-refractivity contribution in [2.24, 2.45) is 5.92 Å². The number of carboxylic acid groups (broad SMARTS) is 1. The van der Waals surface area contributed by atoms with Gasteiger partial charge in [0, 0.05) is 18.1 Å². The summed E-state index contributed by atoms with van der Waals surface area (Å²) in [5, 5.41) is 13.9. The molecule has 25 heavy (non-hydrogen) atoms. The lowest BCUT2D eigenvalue weighted by Gasteiger charge is -2.29. The van der Waals surface area contributed by atoms with Crippen LogP contribution in [0.2, 0.25) is 5.02 Å². The monoisotopic (exact) mass is 383 g/mol. The number of hydrogen-bond donors (Lipinski definition) is 1. The Morgan fingerprint density at radius 1 is 1.32 bits per heavy atom. The van der Waals surface area contributed by atoms with E-state index < -0.39 is 21.9 Å². The highest BCUT2D eigenvalue weighted by Gasteiger charge is 2.35. The molecule has 7 nitrogen and oxygen atoms in total. The topological polar surface area (TPSA) is 92.5 Å². The molecular weight excluding hydrogens is 366 g/mol. The lowest BCUT2D eigenvalue weighted by molar-refractivity contribution is -0.142. The quantitative estimate of drug-likeness (QED) is 0.874. The van der Waals surface area contributed by atoms with Gasteiger partial charge in [0.15, 0.2) is 0 Å². The maximum Gasteiger partial charge on any atom is 0.307 e. The summed E-state index contributed by atoms with van der Waals surface area (Å²) in [6.45, 7) is 1.98. The van der Waals surface area contributed by atoms with Crippen LogP contribution in [0, 0.1) is 12.8 Å². The standard InChI is InChI=1S/C16H18ClN3O4S/c1-11-15(9-18-20(11)14-6-4-13(17)5-7-14)25(23,24)19-8-2-3-12(10-19)16(21)22/h4-7,9,12H,2-3,8,10H2,1H3,(H,21,22). The highest BCUT2D eigenvalue weighted by atomic mass is 35.5. The van der Waals surface area contributed by atoms with E-state index in [1.54, 1.807) is 31.2 Å². The Morgan fingerprint density at radius 3 is 2.64 bits per heavy atom. The van der Waals surface area contributed by atoms with E-state index in [2.05, 4.69) is 5.10 Å². The highest BCUT2D eigenvalue weighted by molar-refractivity contribution is 7.89. The van der Waals surface area contributed by atoms with E-state index in [9.17, 15) is 18.3 Å². The highest BCUT2D eigenvalue weighted by Crippen LogP contribution is 2.27. The molecule has 0 bridgehead atoms. The number of hydrogen-bond acceptors (Lipinski definition) is 4. The molecule has 134 valence electrons. The summed E-state index contributed by atoms with van der Waals surface area (Å²) in [5.74, 6) is -1.64. The number of halogens is 1. The van der Waals surface area contributed by atoms with E-state index in [1.807, 2.05) is 0 Å². The summed E-state index contributed by atoms with van der Waals surface area (Å²) >= 11 is 5.88. The predicted molar refractivity (Wildman–Crippen MR) is 92.4 cm³/mol. The summed E-state index contributed by atoms with van der Waals surface area (Å²) in [4.78, 5) is 11.3. The van der Waals surface area contributed by atoms with Crippen molar-refractivity contribution < 1.29 is 18.3 Å². The number of carbonyl (C=O) groups is 1. The van der Waals surface area contributed by atoms with Crippen LogP contribution in [0.4, 0.5) is 0 Å². The Kier molecular flexibility index (Phi) is 4.86. The van der Waals surface area contributed by atoms with Gasteiger partial charge in [-0.2, -0.15) is 9.40 Å². The lowest BCUT2D eigenvalue weighted by atomic mass is 10.0. The molecule has 0 spiro atoms. The first kappa shape index (κ1) is 17.9. The fourth-order valence-electron chi connectivity index (χ4n) is 2.99. The molecule has 1 aromatic carbocycles. The molecule has 1 N–H and O–H groups in total. The van der Waals surface area contributed by atoms with Gasteiger partial charge in [0.05, 0.1) is 23.5 Å². The minimum atomic E-state index is -3.79. The maximum absolute atomic E-state index is 12.9. The van der Waals surface area contributed by atoms with Gasteiger partial charge in [-0.15, -0.1) is 0 Å². The predicted octanol–water partition coefficient (Wildman–Crippen LogP) is 2.32. The fraction of sp³-hybridized carbons (Fsp3) is 0.375. The van der Waals surface area contributed by atoms with Crippen molar-refractivity contribution >= 4 is 27.6 Å². The largest absolute Gasteiger partial charge is 0.481 e. The Labute approximate surface area is 150 Å². The lowest BCUT2D eigenvalue weighted by Crippen LogP contribution is -2.42.